The van der Waals surface area contributed by atoms with Crippen molar-refractivity contribution in [2.45, 2.75) is 47.0 Å². The van der Waals surface area contributed by atoms with Crippen LogP contribution in [0, 0.1) is 5.92 Å². The number of rotatable bonds is 10. The zero-order valence-electron chi connectivity index (χ0n) is 11.2. The molecule has 0 bridgehead atoms. The summed E-state index contributed by atoms with van der Waals surface area (Å²) in [4.78, 5) is 2.60. The topological polar surface area (TPSA) is 15.3 Å². The van der Waals surface area contributed by atoms with Gasteiger partial charge in [-0.1, -0.05) is 27.7 Å². The Morgan fingerprint density at radius 2 is 1.60 bits per heavy atom. The molecule has 15 heavy (non-hydrogen) atoms. The quantitative estimate of drug-likeness (QED) is 0.563. The van der Waals surface area contributed by atoms with Crippen LogP contribution in [0.5, 0.6) is 0 Å². The molecule has 1 atom stereocenters. The van der Waals surface area contributed by atoms with Crippen molar-refractivity contribution >= 4 is 0 Å². The number of hydrogen-bond donors (Lipinski definition) is 1. The average Bonchev–Trinajstić information content (AvgIpc) is 2.19. The lowest BCUT2D eigenvalue weighted by molar-refractivity contribution is 0.235. The van der Waals surface area contributed by atoms with Crippen LogP contribution in [-0.2, 0) is 0 Å². The van der Waals surface area contributed by atoms with Gasteiger partial charge in [-0.2, -0.15) is 0 Å². The molecule has 0 aromatic heterocycles. The molecule has 92 valence electrons. The first-order valence-corrected chi connectivity index (χ1v) is 6.67. The summed E-state index contributed by atoms with van der Waals surface area (Å²) in [5, 5.41) is 3.50. The maximum Gasteiger partial charge on any atom is 0.00191 e. The number of nitrogens with zero attached hydrogens (tertiary/aromatic N) is 1. The largest absolute Gasteiger partial charge is 0.316 e. The smallest absolute Gasteiger partial charge is 0.00191 e. The molecule has 0 fully saturated rings. The summed E-state index contributed by atoms with van der Waals surface area (Å²) < 4.78 is 0. The Morgan fingerprint density at radius 3 is 2.07 bits per heavy atom. The maximum absolute atomic E-state index is 3.50. The van der Waals surface area contributed by atoms with Crippen LogP contribution < -0.4 is 5.32 Å². The number of hydrogen-bond acceptors (Lipinski definition) is 2. The minimum absolute atomic E-state index is 0.773. The van der Waals surface area contributed by atoms with Gasteiger partial charge in [0.1, 0.15) is 0 Å². The van der Waals surface area contributed by atoms with Crippen molar-refractivity contribution in [2.24, 2.45) is 5.92 Å². The van der Waals surface area contributed by atoms with Gasteiger partial charge >= 0.3 is 0 Å². The van der Waals surface area contributed by atoms with Crippen molar-refractivity contribution in [3.63, 3.8) is 0 Å². The van der Waals surface area contributed by atoms with Gasteiger partial charge in [-0.05, 0) is 51.4 Å². The Balaban J connectivity index is 3.62. The van der Waals surface area contributed by atoms with E-state index in [-0.39, 0.29) is 0 Å². The molecule has 0 saturated carbocycles. The van der Waals surface area contributed by atoms with E-state index in [1.54, 1.807) is 0 Å². The van der Waals surface area contributed by atoms with Crippen LogP contribution in [0.2, 0.25) is 0 Å². The fourth-order valence-corrected chi connectivity index (χ4v) is 1.96. The first kappa shape index (κ1) is 14.9. The van der Waals surface area contributed by atoms with Crippen LogP contribution in [0.25, 0.3) is 0 Å². The normalized spacial score (nSPS) is 13.4. The zero-order valence-corrected chi connectivity index (χ0v) is 11.2. The Hall–Kier alpha value is -0.0800. The molecule has 0 heterocycles. The lowest BCUT2D eigenvalue weighted by Crippen LogP contribution is -2.34. The highest BCUT2D eigenvalue weighted by atomic mass is 15.1. The van der Waals surface area contributed by atoms with E-state index in [9.17, 15) is 0 Å². The monoisotopic (exact) mass is 214 g/mol. The van der Waals surface area contributed by atoms with E-state index in [4.69, 9.17) is 0 Å². The second-order valence-corrected chi connectivity index (χ2v) is 4.61. The molecule has 0 spiro atoms. The fraction of sp³-hybridized carbons (Fsp3) is 1.00. The zero-order chi connectivity index (χ0) is 11.5. The van der Waals surface area contributed by atoms with Crippen molar-refractivity contribution in [2.75, 3.05) is 32.7 Å². The van der Waals surface area contributed by atoms with Gasteiger partial charge in [-0.15, -0.1) is 0 Å². The van der Waals surface area contributed by atoms with Gasteiger partial charge in [0.15, 0.2) is 0 Å². The van der Waals surface area contributed by atoms with Crippen molar-refractivity contribution < 1.29 is 0 Å². The second kappa shape index (κ2) is 10.4. The van der Waals surface area contributed by atoms with Gasteiger partial charge in [-0.3, -0.25) is 0 Å². The van der Waals surface area contributed by atoms with Crippen molar-refractivity contribution in [1.29, 1.82) is 0 Å². The molecule has 2 heteroatoms. The minimum atomic E-state index is 0.773. The third-order valence-corrected chi connectivity index (χ3v) is 2.57. The van der Waals surface area contributed by atoms with Crippen LogP contribution in [-0.4, -0.2) is 37.6 Å². The van der Waals surface area contributed by atoms with Crippen LogP contribution in [0.1, 0.15) is 47.0 Å². The highest BCUT2D eigenvalue weighted by Crippen LogP contribution is 2.01. The molecular weight excluding hydrogens is 184 g/mol. The van der Waals surface area contributed by atoms with Crippen LogP contribution in [0.3, 0.4) is 0 Å². The third kappa shape index (κ3) is 8.88. The molecule has 0 aliphatic carbocycles. The van der Waals surface area contributed by atoms with Gasteiger partial charge in [0.25, 0.3) is 0 Å². The van der Waals surface area contributed by atoms with Crippen molar-refractivity contribution in [3.8, 4) is 0 Å². The summed E-state index contributed by atoms with van der Waals surface area (Å²) in [7, 11) is 0. The molecule has 0 rings (SSSR count). The van der Waals surface area contributed by atoms with Crippen LogP contribution in [0.4, 0.5) is 0 Å². The van der Waals surface area contributed by atoms with E-state index >= 15 is 0 Å². The predicted molar refractivity (Wildman–Crippen MR) is 69.3 cm³/mol. The van der Waals surface area contributed by atoms with Crippen molar-refractivity contribution in [3.05, 3.63) is 0 Å². The van der Waals surface area contributed by atoms with E-state index in [0.717, 1.165) is 19.0 Å². The Labute approximate surface area is 96.4 Å². The van der Waals surface area contributed by atoms with Crippen LogP contribution in [0.15, 0.2) is 0 Å². The third-order valence-electron chi connectivity index (χ3n) is 2.57. The first-order chi connectivity index (χ1) is 7.24. The molecule has 0 aromatic carbocycles. The number of nitrogens with one attached hydrogen (secondary N) is 1. The molecule has 1 N–H and O–H groups in total. The molecular formula is C13H30N2. The molecule has 0 aromatic rings. The Bertz CT molecular complexity index is 120. The van der Waals surface area contributed by atoms with Gasteiger partial charge < -0.3 is 10.2 Å². The Kier molecular flexibility index (Phi) is 10.4. The molecule has 0 aliphatic heterocycles. The summed E-state index contributed by atoms with van der Waals surface area (Å²) in [5.74, 6) is 0.773. The lowest BCUT2D eigenvalue weighted by Gasteiger charge is -2.25. The van der Waals surface area contributed by atoms with Gasteiger partial charge in [0.2, 0.25) is 0 Å². The Morgan fingerprint density at radius 1 is 1.00 bits per heavy atom. The standard InChI is InChI=1S/C13H30N2/c1-5-8-14-11-13(4)12-15(9-6-2)10-7-3/h13-14H,5-12H2,1-4H3. The van der Waals surface area contributed by atoms with Gasteiger partial charge in [0.05, 0.1) is 0 Å². The lowest BCUT2D eigenvalue weighted by atomic mass is 10.1. The highest BCUT2D eigenvalue weighted by Gasteiger charge is 2.07. The highest BCUT2D eigenvalue weighted by molar-refractivity contribution is 4.64. The molecule has 2 nitrogen and oxygen atoms in total. The van der Waals surface area contributed by atoms with E-state index in [2.05, 4.69) is 37.9 Å². The van der Waals surface area contributed by atoms with E-state index in [1.165, 1.54) is 38.9 Å². The summed E-state index contributed by atoms with van der Waals surface area (Å²) in [6.45, 7) is 15.2. The second-order valence-electron chi connectivity index (χ2n) is 4.61. The predicted octanol–water partition coefficient (Wildman–Crippen LogP) is 2.74. The van der Waals surface area contributed by atoms with E-state index < -0.39 is 0 Å². The van der Waals surface area contributed by atoms with Gasteiger partial charge in [0, 0.05) is 6.54 Å². The molecule has 0 saturated heterocycles. The minimum Gasteiger partial charge on any atom is -0.316 e. The summed E-state index contributed by atoms with van der Waals surface area (Å²) in [5.41, 5.74) is 0. The molecule has 1 unspecified atom stereocenters. The summed E-state index contributed by atoms with van der Waals surface area (Å²) >= 11 is 0. The average molecular weight is 214 g/mol. The fourth-order valence-electron chi connectivity index (χ4n) is 1.96. The van der Waals surface area contributed by atoms with Crippen molar-refractivity contribution in [1.82, 2.24) is 10.2 Å². The molecule has 0 aliphatic rings. The first-order valence-electron chi connectivity index (χ1n) is 6.67. The van der Waals surface area contributed by atoms with E-state index in [0.29, 0.717) is 0 Å². The van der Waals surface area contributed by atoms with Crippen LogP contribution >= 0.6 is 0 Å². The maximum atomic E-state index is 3.50. The summed E-state index contributed by atoms with van der Waals surface area (Å²) in [6, 6.07) is 0. The van der Waals surface area contributed by atoms with Gasteiger partial charge in [-0.25, -0.2) is 0 Å². The molecule has 0 amide bonds. The SMILES string of the molecule is CCCNCC(C)CN(CCC)CCC. The van der Waals surface area contributed by atoms with E-state index in [1.807, 2.05) is 0 Å². The molecule has 0 radical (unpaired) electrons. The summed E-state index contributed by atoms with van der Waals surface area (Å²) in [6.07, 6.45) is 3.78.